The minimum absolute atomic E-state index is 0.509. The van der Waals surface area contributed by atoms with Gasteiger partial charge in [-0.05, 0) is 56.3 Å². The second-order valence-electron chi connectivity index (χ2n) is 7.30. The number of likely N-dealkylation sites (N-methyl/N-ethyl adjacent to an activating group) is 1. The lowest BCUT2D eigenvalue weighted by Gasteiger charge is -2.19. The molecule has 0 radical (unpaired) electrons. The molecular formula is C22H38N4O2S. The molecule has 7 heteroatoms. The van der Waals surface area contributed by atoms with E-state index in [-0.39, 0.29) is 0 Å². The molecule has 0 spiro atoms. The van der Waals surface area contributed by atoms with Gasteiger partial charge >= 0.3 is 0 Å². The van der Waals surface area contributed by atoms with Gasteiger partial charge in [0.05, 0.1) is 7.11 Å². The standard InChI is InChI=1S/C22H38N4O2S/c1-6-26(7-2)12-13-28-20-11-8-17(14-21(20)27-4)16-24-22(23-3)25-18-9-10-19(15-18)29-5/h8,11,14,18-19H,6-7,9-10,12-13,15-16H2,1-5H3,(H2,23,24,25). The van der Waals surface area contributed by atoms with E-state index in [9.17, 15) is 0 Å². The highest BCUT2D eigenvalue weighted by molar-refractivity contribution is 7.99. The van der Waals surface area contributed by atoms with Crippen LogP contribution in [0.4, 0.5) is 0 Å². The van der Waals surface area contributed by atoms with E-state index in [1.165, 1.54) is 19.3 Å². The molecule has 0 bridgehead atoms. The topological polar surface area (TPSA) is 58.1 Å². The van der Waals surface area contributed by atoms with E-state index in [1.807, 2.05) is 30.9 Å². The lowest BCUT2D eigenvalue weighted by molar-refractivity contribution is 0.217. The number of ether oxygens (including phenoxy) is 2. The van der Waals surface area contributed by atoms with Gasteiger partial charge in [0, 0.05) is 31.4 Å². The number of hydrogen-bond acceptors (Lipinski definition) is 5. The molecule has 29 heavy (non-hydrogen) atoms. The fourth-order valence-electron chi connectivity index (χ4n) is 3.62. The van der Waals surface area contributed by atoms with Crippen LogP contribution in [-0.2, 0) is 6.54 Å². The van der Waals surface area contributed by atoms with Crippen molar-refractivity contribution in [2.45, 2.75) is 50.9 Å². The highest BCUT2D eigenvalue weighted by atomic mass is 32.2. The normalized spacial score (nSPS) is 19.4. The number of benzene rings is 1. The zero-order valence-electron chi connectivity index (χ0n) is 18.7. The van der Waals surface area contributed by atoms with Gasteiger partial charge in [-0.25, -0.2) is 0 Å². The summed E-state index contributed by atoms with van der Waals surface area (Å²) in [6.45, 7) is 8.68. The predicted octanol–water partition coefficient (Wildman–Crippen LogP) is 3.36. The summed E-state index contributed by atoms with van der Waals surface area (Å²) < 4.78 is 11.5. The Balaban J connectivity index is 1.85. The molecule has 1 aliphatic carbocycles. The molecule has 0 heterocycles. The highest BCUT2D eigenvalue weighted by Crippen LogP contribution is 2.29. The van der Waals surface area contributed by atoms with Crippen LogP contribution in [0.25, 0.3) is 0 Å². The third-order valence-corrected chi connectivity index (χ3v) is 6.62. The summed E-state index contributed by atoms with van der Waals surface area (Å²) >= 11 is 1.97. The molecule has 2 rings (SSSR count). The van der Waals surface area contributed by atoms with Gasteiger partial charge in [-0.1, -0.05) is 19.9 Å². The molecule has 0 saturated heterocycles. The molecule has 1 aliphatic rings. The first-order chi connectivity index (χ1) is 14.1. The van der Waals surface area contributed by atoms with E-state index in [1.54, 1.807) is 7.11 Å². The average molecular weight is 423 g/mol. The Hall–Kier alpha value is -1.60. The van der Waals surface area contributed by atoms with Crippen molar-refractivity contribution in [2.75, 3.05) is 46.7 Å². The fraction of sp³-hybridized carbons (Fsp3) is 0.682. The average Bonchev–Trinajstić information content (AvgIpc) is 3.22. The maximum Gasteiger partial charge on any atom is 0.191 e. The van der Waals surface area contributed by atoms with Crippen LogP contribution in [0, 0.1) is 0 Å². The summed E-state index contributed by atoms with van der Waals surface area (Å²) in [6.07, 6.45) is 5.89. The second kappa shape index (κ2) is 12.9. The largest absolute Gasteiger partial charge is 0.493 e. The molecular weight excluding hydrogens is 384 g/mol. The molecule has 0 aromatic heterocycles. The summed E-state index contributed by atoms with van der Waals surface area (Å²) in [5, 5.41) is 7.74. The zero-order chi connectivity index (χ0) is 21.1. The number of guanidine groups is 1. The van der Waals surface area contributed by atoms with Crippen LogP contribution in [0.5, 0.6) is 11.5 Å². The summed E-state index contributed by atoms with van der Waals surface area (Å²) in [7, 11) is 3.51. The predicted molar refractivity (Wildman–Crippen MR) is 125 cm³/mol. The molecule has 1 fully saturated rings. The van der Waals surface area contributed by atoms with Crippen molar-refractivity contribution >= 4 is 17.7 Å². The Kier molecular flexibility index (Phi) is 10.5. The molecule has 6 nitrogen and oxygen atoms in total. The summed E-state index contributed by atoms with van der Waals surface area (Å²) in [6, 6.07) is 6.62. The van der Waals surface area contributed by atoms with Crippen molar-refractivity contribution < 1.29 is 9.47 Å². The van der Waals surface area contributed by atoms with Gasteiger partial charge in [-0.2, -0.15) is 11.8 Å². The number of nitrogens with one attached hydrogen (secondary N) is 2. The Morgan fingerprint density at radius 2 is 2.03 bits per heavy atom. The van der Waals surface area contributed by atoms with Crippen molar-refractivity contribution in [1.29, 1.82) is 0 Å². The van der Waals surface area contributed by atoms with E-state index in [4.69, 9.17) is 9.47 Å². The van der Waals surface area contributed by atoms with Gasteiger partial charge in [0.1, 0.15) is 6.61 Å². The Bertz CT molecular complexity index is 637. The second-order valence-corrected chi connectivity index (χ2v) is 8.44. The molecule has 0 aliphatic heterocycles. The fourth-order valence-corrected chi connectivity index (χ4v) is 4.42. The number of hydrogen-bond donors (Lipinski definition) is 2. The molecule has 2 atom stereocenters. The van der Waals surface area contributed by atoms with Gasteiger partial charge in [-0.3, -0.25) is 4.99 Å². The molecule has 0 amide bonds. The van der Waals surface area contributed by atoms with Gasteiger partial charge in [0.2, 0.25) is 0 Å². The van der Waals surface area contributed by atoms with Gasteiger partial charge in [0.25, 0.3) is 0 Å². The number of rotatable bonds is 11. The van der Waals surface area contributed by atoms with Crippen LogP contribution in [0.15, 0.2) is 23.2 Å². The molecule has 2 unspecified atom stereocenters. The van der Waals surface area contributed by atoms with Crippen molar-refractivity contribution in [1.82, 2.24) is 15.5 Å². The number of methoxy groups -OCH3 is 1. The Labute approximate surface area is 180 Å². The molecule has 2 N–H and O–H groups in total. The first kappa shape index (κ1) is 23.7. The molecule has 164 valence electrons. The zero-order valence-corrected chi connectivity index (χ0v) is 19.5. The van der Waals surface area contributed by atoms with Crippen LogP contribution >= 0.6 is 11.8 Å². The van der Waals surface area contributed by atoms with Crippen LogP contribution < -0.4 is 20.1 Å². The minimum atomic E-state index is 0.509. The summed E-state index contributed by atoms with van der Waals surface area (Å²) in [5.41, 5.74) is 1.13. The van der Waals surface area contributed by atoms with E-state index in [0.717, 1.165) is 47.9 Å². The van der Waals surface area contributed by atoms with Crippen LogP contribution in [0.2, 0.25) is 0 Å². The quantitative estimate of drug-likeness (QED) is 0.421. The van der Waals surface area contributed by atoms with E-state index in [0.29, 0.717) is 19.2 Å². The van der Waals surface area contributed by atoms with Gasteiger partial charge in [-0.15, -0.1) is 0 Å². The van der Waals surface area contributed by atoms with Crippen LogP contribution in [0.3, 0.4) is 0 Å². The van der Waals surface area contributed by atoms with Crippen molar-refractivity contribution in [3.05, 3.63) is 23.8 Å². The monoisotopic (exact) mass is 422 g/mol. The Morgan fingerprint density at radius 3 is 2.66 bits per heavy atom. The van der Waals surface area contributed by atoms with Crippen molar-refractivity contribution in [3.63, 3.8) is 0 Å². The minimum Gasteiger partial charge on any atom is -0.493 e. The van der Waals surface area contributed by atoms with Crippen molar-refractivity contribution in [3.8, 4) is 11.5 Å². The van der Waals surface area contributed by atoms with Crippen molar-refractivity contribution in [2.24, 2.45) is 4.99 Å². The van der Waals surface area contributed by atoms with E-state index >= 15 is 0 Å². The smallest absolute Gasteiger partial charge is 0.191 e. The van der Waals surface area contributed by atoms with E-state index < -0.39 is 0 Å². The lowest BCUT2D eigenvalue weighted by Crippen LogP contribution is -2.42. The molecule has 1 aromatic carbocycles. The number of nitrogens with zero attached hydrogens (tertiary/aromatic N) is 2. The van der Waals surface area contributed by atoms with Gasteiger partial charge in [0.15, 0.2) is 17.5 Å². The molecule has 1 aromatic rings. The number of aliphatic imine (C=N–C) groups is 1. The first-order valence-electron chi connectivity index (χ1n) is 10.6. The molecule has 1 saturated carbocycles. The first-order valence-corrected chi connectivity index (χ1v) is 11.9. The van der Waals surface area contributed by atoms with E-state index in [2.05, 4.69) is 46.7 Å². The third kappa shape index (κ3) is 7.63. The van der Waals surface area contributed by atoms with Gasteiger partial charge < -0.3 is 25.0 Å². The third-order valence-electron chi connectivity index (χ3n) is 5.53. The Morgan fingerprint density at radius 1 is 1.24 bits per heavy atom. The van der Waals surface area contributed by atoms with Crippen LogP contribution in [0.1, 0.15) is 38.7 Å². The maximum absolute atomic E-state index is 5.95. The number of thioether (sulfide) groups is 1. The summed E-state index contributed by atoms with van der Waals surface area (Å²) in [4.78, 5) is 6.72. The lowest BCUT2D eigenvalue weighted by atomic mass is 10.2. The SMILES string of the molecule is CCN(CC)CCOc1ccc(CNC(=NC)NC2CCC(SC)C2)cc1OC. The van der Waals surface area contributed by atoms with Crippen LogP contribution in [-0.4, -0.2) is 68.8 Å². The summed E-state index contributed by atoms with van der Waals surface area (Å²) in [5.74, 6) is 2.42. The maximum atomic E-state index is 5.95. The highest BCUT2D eigenvalue weighted by Gasteiger charge is 2.24.